The molecular formula is C10H13N5O3. The second-order valence-corrected chi connectivity index (χ2v) is 4.06. The Morgan fingerprint density at radius 1 is 1.56 bits per heavy atom. The zero-order chi connectivity index (χ0) is 13.3. The van der Waals surface area contributed by atoms with Crippen LogP contribution in [-0.2, 0) is 22.7 Å². The molecule has 0 atom stereocenters. The molecule has 0 saturated heterocycles. The highest BCUT2D eigenvalue weighted by Crippen LogP contribution is 2.20. The lowest BCUT2D eigenvalue weighted by molar-refractivity contribution is -0.122. The van der Waals surface area contributed by atoms with Crippen molar-refractivity contribution in [2.75, 3.05) is 19.4 Å². The van der Waals surface area contributed by atoms with Crippen molar-refractivity contribution in [2.45, 2.75) is 13.1 Å². The largest absolute Gasteiger partial charge is 0.349 e. The summed E-state index contributed by atoms with van der Waals surface area (Å²) in [5.74, 6) is -0.0559. The topological polar surface area (TPSA) is 96.3 Å². The molecule has 2 heterocycles. The SMILES string of the molecule is CN(C)C(=O)c1nc(NC=O)c2n1CC(=O)NC2. The van der Waals surface area contributed by atoms with E-state index in [4.69, 9.17) is 0 Å². The van der Waals surface area contributed by atoms with E-state index < -0.39 is 0 Å². The Bertz CT molecular complexity index is 520. The van der Waals surface area contributed by atoms with Crippen molar-refractivity contribution in [3.05, 3.63) is 11.5 Å². The fraction of sp³-hybridized carbons (Fsp3) is 0.400. The number of fused-ring (bicyclic) bond motifs is 1. The van der Waals surface area contributed by atoms with Gasteiger partial charge in [0.2, 0.25) is 18.1 Å². The van der Waals surface area contributed by atoms with Crippen molar-refractivity contribution in [1.82, 2.24) is 19.8 Å². The van der Waals surface area contributed by atoms with Crippen LogP contribution in [0.25, 0.3) is 0 Å². The summed E-state index contributed by atoms with van der Waals surface area (Å²) in [5, 5.41) is 5.07. The lowest BCUT2D eigenvalue weighted by Crippen LogP contribution is -2.36. The van der Waals surface area contributed by atoms with Crippen molar-refractivity contribution < 1.29 is 14.4 Å². The first kappa shape index (κ1) is 12.1. The number of carbonyl (C=O) groups is 3. The van der Waals surface area contributed by atoms with Crippen molar-refractivity contribution in [2.24, 2.45) is 0 Å². The molecule has 8 heteroatoms. The van der Waals surface area contributed by atoms with E-state index in [0.717, 1.165) is 0 Å². The molecule has 0 unspecified atom stereocenters. The summed E-state index contributed by atoms with van der Waals surface area (Å²) >= 11 is 0. The van der Waals surface area contributed by atoms with Gasteiger partial charge in [0.15, 0.2) is 5.82 Å². The second-order valence-electron chi connectivity index (χ2n) is 4.06. The Morgan fingerprint density at radius 3 is 2.89 bits per heavy atom. The van der Waals surface area contributed by atoms with Crippen LogP contribution in [0.1, 0.15) is 16.3 Å². The Kier molecular flexibility index (Phi) is 3.00. The Morgan fingerprint density at radius 2 is 2.28 bits per heavy atom. The highest BCUT2D eigenvalue weighted by molar-refractivity contribution is 5.93. The molecule has 2 N–H and O–H groups in total. The smallest absolute Gasteiger partial charge is 0.289 e. The van der Waals surface area contributed by atoms with Gasteiger partial charge < -0.3 is 20.1 Å². The summed E-state index contributed by atoms with van der Waals surface area (Å²) in [5.41, 5.74) is 0.618. The number of nitrogens with zero attached hydrogens (tertiary/aromatic N) is 3. The molecule has 0 saturated carbocycles. The van der Waals surface area contributed by atoms with Crippen LogP contribution < -0.4 is 10.6 Å². The van der Waals surface area contributed by atoms with Gasteiger partial charge >= 0.3 is 0 Å². The van der Waals surface area contributed by atoms with Crippen molar-refractivity contribution in [3.8, 4) is 0 Å². The van der Waals surface area contributed by atoms with Gasteiger partial charge in [0.1, 0.15) is 6.54 Å². The molecule has 18 heavy (non-hydrogen) atoms. The minimum absolute atomic E-state index is 0.0256. The predicted octanol–water partition coefficient (Wildman–Crippen LogP) is -1.22. The third-order valence-electron chi connectivity index (χ3n) is 2.62. The third kappa shape index (κ3) is 1.92. The maximum absolute atomic E-state index is 11.9. The number of imidazole rings is 1. The number of amides is 3. The molecule has 0 spiro atoms. The zero-order valence-corrected chi connectivity index (χ0v) is 10.1. The highest BCUT2D eigenvalue weighted by atomic mass is 16.2. The van der Waals surface area contributed by atoms with Gasteiger partial charge in [0.05, 0.1) is 12.2 Å². The van der Waals surface area contributed by atoms with Crippen LogP contribution in [0.5, 0.6) is 0 Å². The molecule has 3 amide bonds. The fourth-order valence-corrected chi connectivity index (χ4v) is 1.75. The van der Waals surface area contributed by atoms with E-state index in [1.807, 2.05) is 0 Å². The highest BCUT2D eigenvalue weighted by Gasteiger charge is 2.27. The van der Waals surface area contributed by atoms with Gasteiger partial charge in [-0.2, -0.15) is 0 Å². The minimum Gasteiger partial charge on any atom is -0.349 e. The van der Waals surface area contributed by atoms with Crippen LogP contribution in [0, 0.1) is 0 Å². The zero-order valence-electron chi connectivity index (χ0n) is 10.1. The van der Waals surface area contributed by atoms with Crippen LogP contribution in [0.2, 0.25) is 0 Å². The predicted molar refractivity (Wildman–Crippen MR) is 61.8 cm³/mol. The maximum Gasteiger partial charge on any atom is 0.289 e. The van der Waals surface area contributed by atoms with Crippen LogP contribution in [0.3, 0.4) is 0 Å². The average molecular weight is 251 g/mol. The first-order chi connectivity index (χ1) is 8.54. The second kappa shape index (κ2) is 4.47. The number of carbonyl (C=O) groups excluding carboxylic acids is 3. The van der Waals surface area contributed by atoms with Gasteiger partial charge in [0.25, 0.3) is 5.91 Å². The van der Waals surface area contributed by atoms with Crippen LogP contribution in [-0.4, -0.2) is 46.8 Å². The molecule has 0 radical (unpaired) electrons. The summed E-state index contributed by atoms with van der Waals surface area (Å²) in [6, 6.07) is 0. The van der Waals surface area contributed by atoms with E-state index in [0.29, 0.717) is 17.9 Å². The minimum atomic E-state index is -0.315. The quantitative estimate of drug-likeness (QED) is 0.658. The number of aromatic nitrogens is 2. The summed E-state index contributed by atoms with van der Waals surface area (Å²) in [7, 11) is 3.19. The van der Waals surface area contributed by atoms with E-state index in [-0.39, 0.29) is 30.7 Å². The molecule has 8 nitrogen and oxygen atoms in total. The van der Waals surface area contributed by atoms with Crippen LogP contribution in [0.4, 0.5) is 5.82 Å². The van der Waals surface area contributed by atoms with Gasteiger partial charge in [-0.1, -0.05) is 0 Å². The normalized spacial score (nSPS) is 13.6. The van der Waals surface area contributed by atoms with Gasteiger partial charge in [-0.3, -0.25) is 14.4 Å². The molecule has 1 aromatic heterocycles. The fourth-order valence-electron chi connectivity index (χ4n) is 1.75. The molecular weight excluding hydrogens is 238 g/mol. The molecule has 1 aliphatic rings. The van der Waals surface area contributed by atoms with Crippen LogP contribution >= 0.6 is 0 Å². The molecule has 96 valence electrons. The van der Waals surface area contributed by atoms with Gasteiger partial charge in [-0.15, -0.1) is 0 Å². The standard InChI is InChI=1S/C10H13N5O3/c1-14(2)10(18)9-13-8(12-5-16)6-3-11-7(17)4-15(6)9/h5H,3-4H2,1-2H3,(H,11,17)(H,12,16). The molecule has 2 rings (SSSR count). The van der Waals surface area contributed by atoms with Gasteiger partial charge in [-0.25, -0.2) is 4.98 Å². The molecule has 0 bridgehead atoms. The summed E-state index contributed by atoms with van der Waals surface area (Å²) in [6.45, 7) is 0.264. The van der Waals surface area contributed by atoms with Gasteiger partial charge in [-0.05, 0) is 0 Å². The van der Waals surface area contributed by atoms with E-state index in [2.05, 4.69) is 15.6 Å². The molecule has 0 fully saturated rings. The Labute approximate surface area is 103 Å². The van der Waals surface area contributed by atoms with Crippen molar-refractivity contribution >= 4 is 24.0 Å². The first-order valence-electron chi connectivity index (χ1n) is 5.32. The summed E-state index contributed by atoms with van der Waals surface area (Å²) in [4.78, 5) is 39.2. The lowest BCUT2D eigenvalue weighted by Gasteiger charge is -2.18. The Balaban J connectivity index is 2.49. The third-order valence-corrected chi connectivity index (χ3v) is 2.62. The number of anilines is 1. The number of hydrogen-bond acceptors (Lipinski definition) is 4. The number of rotatable bonds is 3. The Hall–Kier alpha value is -2.38. The monoisotopic (exact) mass is 251 g/mol. The molecule has 0 aromatic carbocycles. The molecule has 1 aliphatic heterocycles. The van der Waals surface area contributed by atoms with Crippen LogP contribution in [0.15, 0.2) is 0 Å². The average Bonchev–Trinajstić information content (AvgIpc) is 2.67. The first-order valence-corrected chi connectivity index (χ1v) is 5.32. The van der Waals surface area contributed by atoms with E-state index in [1.54, 1.807) is 14.1 Å². The number of hydrogen-bond donors (Lipinski definition) is 2. The number of nitrogens with one attached hydrogen (secondary N) is 2. The van der Waals surface area contributed by atoms with Crippen molar-refractivity contribution in [3.63, 3.8) is 0 Å². The van der Waals surface area contributed by atoms with Crippen molar-refractivity contribution in [1.29, 1.82) is 0 Å². The van der Waals surface area contributed by atoms with E-state index in [1.165, 1.54) is 9.47 Å². The summed E-state index contributed by atoms with van der Waals surface area (Å²) in [6.07, 6.45) is 0.490. The molecule has 1 aromatic rings. The van der Waals surface area contributed by atoms with E-state index >= 15 is 0 Å². The summed E-state index contributed by atoms with van der Waals surface area (Å²) < 4.78 is 1.52. The molecule has 0 aliphatic carbocycles. The van der Waals surface area contributed by atoms with E-state index in [9.17, 15) is 14.4 Å². The maximum atomic E-state index is 11.9. The van der Waals surface area contributed by atoms with Gasteiger partial charge in [0, 0.05) is 14.1 Å². The lowest BCUT2D eigenvalue weighted by atomic mass is 10.3.